The minimum atomic E-state index is 0.0205. The number of urea groups is 1. The molecule has 2 amide bonds. The van der Waals surface area contributed by atoms with E-state index in [1.807, 2.05) is 4.90 Å². The van der Waals surface area contributed by atoms with E-state index in [4.69, 9.17) is 5.11 Å². The molecule has 1 saturated heterocycles. The van der Waals surface area contributed by atoms with Crippen molar-refractivity contribution in [2.75, 3.05) is 53.4 Å². The molecule has 0 aromatic rings. The van der Waals surface area contributed by atoms with E-state index in [0.717, 1.165) is 26.2 Å². The Kier molecular flexibility index (Phi) is 4.16. The summed E-state index contributed by atoms with van der Waals surface area (Å²) in [5.74, 6) is 0. The van der Waals surface area contributed by atoms with Crippen LogP contribution in [0.5, 0.6) is 0 Å². The maximum Gasteiger partial charge on any atom is 0.319 e. The molecule has 1 fully saturated rings. The quantitative estimate of drug-likeness (QED) is 0.641. The lowest BCUT2D eigenvalue weighted by Gasteiger charge is -2.34. The van der Waals surface area contributed by atoms with E-state index in [9.17, 15) is 4.79 Å². The van der Waals surface area contributed by atoms with Gasteiger partial charge in [-0.15, -0.1) is 0 Å². The Labute approximate surface area is 84.9 Å². The van der Waals surface area contributed by atoms with Crippen LogP contribution in [-0.4, -0.2) is 79.3 Å². The minimum absolute atomic E-state index is 0.0205. The van der Waals surface area contributed by atoms with Crippen LogP contribution in [0.25, 0.3) is 0 Å². The Morgan fingerprint density at radius 2 is 1.93 bits per heavy atom. The van der Waals surface area contributed by atoms with Crippen LogP contribution in [0, 0.1) is 0 Å². The molecule has 0 spiro atoms. The first kappa shape index (κ1) is 11.3. The topological polar surface area (TPSA) is 47.0 Å². The van der Waals surface area contributed by atoms with E-state index < -0.39 is 0 Å². The van der Waals surface area contributed by atoms with Crippen molar-refractivity contribution in [3.05, 3.63) is 0 Å². The van der Waals surface area contributed by atoms with E-state index in [2.05, 4.69) is 11.9 Å². The zero-order chi connectivity index (χ0) is 10.6. The van der Waals surface area contributed by atoms with Crippen molar-refractivity contribution in [2.45, 2.75) is 0 Å². The summed E-state index contributed by atoms with van der Waals surface area (Å²) >= 11 is 0. The van der Waals surface area contributed by atoms with Crippen molar-refractivity contribution in [1.29, 1.82) is 0 Å². The minimum Gasteiger partial charge on any atom is -0.395 e. The number of aliphatic hydroxyl groups is 1. The average Bonchev–Trinajstić information content (AvgIpc) is 2.18. The summed E-state index contributed by atoms with van der Waals surface area (Å²) in [5, 5.41) is 8.71. The lowest BCUT2D eigenvalue weighted by atomic mass is 10.3. The zero-order valence-corrected chi connectivity index (χ0v) is 8.94. The van der Waals surface area contributed by atoms with Gasteiger partial charge in [-0.2, -0.15) is 0 Å². The van der Waals surface area contributed by atoms with Gasteiger partial charge in [0.25, 0.3) is 0 Å². The summed E-state index contributed by atoms with van der Waals surface area (Å²) in [6.45, 7) is 3.86. The highest BCUT2D eigenvalue weighted by molar-refractivity contribution is 5.74. The number of hydrogen-bond donors (Lipinski definition) is 1. The Hall–Kier alpha value is -0.810. The van der Waals surface area contributed by atoms with Crippen molar-refractivity contribution >= 4 is 6.03 Å². The van der Waals surface area contributed by atoms with Crippen molar-refractivity contribution in [1.82, 2.24) is 14.7 Å². The first-order valence-electron chi connectivity index (χ1n) is 4.94. The van der Waals surface area contributed by atoms with Crippen LogP contribution in [0.1, 0.15) is 0 Å². The largest absolute Gasteiger partial charge is 0.395 e. The summed E-state index contributed by atoms with van der Waals surface area (Å²) in [7, 11) is 3.77. The van der Waals surface area contributed by atoms with E-state index in [0.29, 0.717) is 6.54 Å². The summed E-state index contributed by atoms with van der Waals surface area (Å²) in [5.41, 5.74) is 0. The summed E-state index contributed by atoms with van der Waals surface area (Å²) in [6, 6.07) is 0.0205. The Morgan fingerprint density at radius 3 is 2.43 bits per heavy atom. The third kappa shape index (κ3) is 2.85. The highest BCUT2D eigenvalue weighted by Gasteiger charge is 2.21. The van der Waals surface area contributed by atoms with Crippen molar-refractivity contribution in [3.63, 3.8) is 0 Å². The van der Waals surface area contributed by atoms with Gasteiger partial charge in [0.1, 0.15) is 0 Å². The number of nitrogens with zero attached hydrogens (tertiary/aromatic N) is 3. The third-order valence-electron chi connectivity index (χ3n) is 2.54. The lowest BCUT2D eigenvalue weighted by molar-refractivity contribution is 0.122. The molecule has 1 rings (SSSR count). The third-order valence-corrected chi connectivity index (χ3v) is 2.54. The number of carbonyl (C=O) groups excluding carboxylic acids is 1. The van der Waals surface area contributed by atoms with Crippen LogP contribution < -0.4 is 0 Å². The summed E-state index contributed by atoms with van der Waals surface area (Å²) in [6.07, 6.45) is 0. The van der Waals surface area contributed by atoms with Gasteiger partial charge in [0, 0.05) is 39.8 Å². The molecule has 0 unspecified atom stereocenters. The molecule has 0 bridgehead atoms. The smallest absolute Gasteiger partial charge is 0.319 e. The molecular weight excluding hydrogens is 182 g/mol. The number of piperazine rings is 1. The van der Waals surface area contributed by atoms with Crippen LogP contribution in [0.4, 0.5) is 4.79 Å². The molecule has 1 heterocycles. The molecule has 0 atom stereocenters. The van der Waals surface area contributed by atoms with Crippen molar-refractivity contribution < 1.29 is 9.90 Å². The number of hydrogen-bond acceptors (Lipinski definition) is 3. The summed E-state index contributed by atoms with van der Waals surface area (Å²) in [4.78, 5) is 17.3. The molecule has 1 aliphatic heterocycles. The van der Waals surface area contributed by atoms with E-state index in [-0.39, 0.29) is 12.6 Å². The maximum atomic E-state index is 11.7. The van der Waals surface area contributed by atoms with Crippen LogP contribution in [0.15, 0.2) is 0 Å². The van der Waals surface area contributed by atoms with Crippen LogP contribution in [0.3, 0.4) is 0 Å². The highest BCUT2D eigenvalue weighted by Crippen LogP contribution is 2.02. The van der Waals surface area contributed by atoms with Gasteiger partial charge < -0.3 is 19.8 Å². The molecule has 0 radical (unpaired) electrons. The number of carbonyl (C=O) groups is 1. The van der Waals surface area contributed by atoms with Crippen LogP contribution in [0.2, 0.25) is 0 Å². The molecule has 82 valence electrons. The zero-order valence-electron chi connectivity index (χ0n) is 8.94. The second kappa shape index (κ2) is 5.17. The number of rotatable bonds is 2. The van der Waals surface area contributed by atoms with Crippen molar-refractivity contribution in [2.24, 2.45) is 0 Å². The molecule has 1 aliphatic rings. The van der Waals surface area contributed by atoms with Gasteiger partial charge in [-0.25, -0.2) is 4.79 Å². The van der Waals surface area contributed by atoms with Gasteiger partial charge in [0.2, 0.25) is 0 Å². The Morgan fingerprint density at radius 1 is 1.36 bits per heavy atom. The second-order valence-corrected chi connectivity index (χ2v) is 3.72. The monoisotopic (exact) mass is 201 g/mol. The van der Waals surface area contributed by atoms with Gasteiger partial charge in [-0.3, -0.25) is 0 Å². The molecule has 0 aromatic heterocycles. The Bertz CT molecular complexity index is 190. The van der Waals surface area contributed by atoms with Gasteiger partial charge in [0.05, 0.1) is 6.61 Å². The molecule has 0 aromatic carbocycles. The van der Waals surface area contributed by atoms with Gasteiger partial charge in [0.15, 0.2) is 0 Å². The van der Waals surface area contributed by atoms with Crippen LogP contribution >= 0.6 is 0 Å². The predicted molar refractivity (Wildman–Crippen MR) is 54.2 cm³/mol. The molecule has 5 nitrogen and oxygen atoms in total. The first-order chi connectivity index (χ1) is 6.65. The lowest BCUT2D eigenvalue weighted by Crippen LogP contribution is -2.51. The van der Waals surface area contributed by atoms with E-state index in [1.54, 1.807) is 11.9 Å². The predicted octanol–water partition coefficient (Wildman–Crippen LogP) is -0.722. The van der Waals surface area contributed by atoms with Crippen molar-refractivity contribution in [3.8, 4) is 0 Å². The number of likely N-dealkylation sites (N-methyl/N-ethyl adjacent to an activating group) is 2. The number of aliphatic hydroxyl groups excluding tert-OH is 1. The van der Waals surface area contributed by atoms with Gasteiger partial charge >= 0.3 is 6.03 Å². The molecular formula is C9H19N3O2. The summed E-state index contributed by atoms with van der Waals surface area (Å²) < 4.78 is 0. The second-order valence-electron chi connectivity index (χ2n) is 3.72. The van der Waals surface area contributed by atoms with Crippen LogP contribution in [-0.2, 0) is 0 Å². The fourth-order valence-electron chi connectivity index (χ4n) is 1.48. The molecule has 0 saturated carbocycles. The average molecular weight is 201 g/mol. The van der Waals surface area contributed by atoms with Gasteiger partial charge in [-0.1, -0.05) is 0 Å². The molecule has 1 N–H and O–H groups in total. The Balaban J connectivity index is 2.37. The van der Waals surface area contributed by atoms with Gasteiger partial charge in [-0.05, 0) is 7.05 Å². The first-order valence-corrected chi connectivity index (χ1v) is 4.94. The standard InChI is InChI=1S/C9H19N3O2/c1-10-3-5-12(6-4-10)9(14)11(2)7-8-13/h13H,3-8H2,1-2H3. The molecule has 0 aliphatic carbocycles. The highest BCUT2D eigenvalue weighted by atomic mass is 16.3. The fraction of sp³-hybridized carbons (Fsp3) is 0.889. The number of amides is 2. The SMILES string of the molecule is CN1CCN(C(=O)N(C)CCO)CC1. The van der Waals surface area contributed by atoms with E-state index >= 15 is 0 Å². The molecule has 14 heavy (non-hydrogen) atoms. The fourth-order valence-corrected chi connectivity index (χ4v) is 1.48. The molecule has 5 heteroatoms. The normalized spacial score (nSPS) is 18.4. The van der Waals surface area contributed by atoms with E-state index in [1.165, 1.54) is 0 Å². The maximum absolute atomic E-state index is 11.7.